The molecule has 0 spiro atoms. The highest BCUT2D eigenvalue weighted by molar-refractivity contribution is 5.89. The van der Waals surface area contributed by atoms with Crippen molar-refractivity contribution < 1.29 is 23.1 Å². The summed E-state index contributed by atoms with van der Waals surface area (Å²) in [4.78, 5) is 23.9. The van der Waals surface area contributed by atoms with Crippen LogP contribution in [0.3, 0.4) is 0 Å². The predicted octanol–water partition coefficient (Wildman–Crippen LogP) is 2.08. The maximum atomic E-state index is 12.4. The zero-order valence-electron chi connectivity index (χ0n) is 12.9. The summed E-state index contributed by atoms with van der Waals surface area (Å²) < 4.78 is 37.6. The molecule has 1 aromatic heterocycles. The molecular weight excluding hydrogens is 315 g/mol. The minimum absolute atomic E-state index is 0.270. The molecule has 0 saturated heterocycles. The van der Waals surface area contributed by atoms with Crippen LogP contribution in [0.5, 0.6) is 0 Å². The second-order valence-electron chi connectivity index (χ2n) is 5.19. The third-order valence-corrected chi connectivity index (χ3v) is 3.65. The van der Waals surface area contributed by atoms with E-state index in [2.05, 4.69) is 10.6 Å². The third kappa shape index (κ3) is 5.27. The van der Waals surface area contributed by atoms with Crippen LogP contribution in [0.25, 0.3) is 0 Å². The Kier molecular flexibility index (Phi) is 6.20. The number of alkyl halides is 3. The molecule has 1 aromatic rings. The van der Waals surface area contributed by atoms with Crippen molar-refractivity contribution in [2.45, 2.75) is 44.9 Å². The second-order valence-corrected chi connectivity index (χ2v) is 5.19. The number of amides is 2. The fraction of sp³-hybridized carbons (Fsp3) is 0.571. The summed E-state index contributed by atoms with van der Waals surface area (Å²) in [6.45, 7) is 1.83. The first-order valence-corrected chi connectivity index (χ1v) is 7.12. The molecule has 0 fully saturated rings. The van der Waals surface area contributed by atoms with Crippen LogP contribution < -0.4 is 16.2 Å². The molecule has 0 saturated carbocycles. The molecule has 1 rings (SSSR count). The van der Waals surface area contributed by atoms with Crippen LogP contribution in [0, 0.1) is 0 Å². The molecular formula is C14H20F3N3O3. The van der Waals surface area contributed by atoms with E-state index >= 15 is 0 Å². The Bertz CT molecular complexity index is 587. The Morgan fingerprint density at radius 3 is 2.39 bits per heavy atom. The average Bonchev–Trinajstić information content (AvgIpc) is 2.48. The van der Waals surface area contributed by atoms with Gasteiger partial charge in [-0.15, -0.1) is 0 Å². The fourth-order valence-corrected chi connectivity index (χ4v) is 2.03. The molecule has 0 aliphatic heterocycles. The number of nitrogens with one attached hydrogen (secondary N) is 2. The molecule has 0 bridgehead atoms. The van der Waals surface area contributed by atoms with E-state index in [1.54, 1.807) is 13.8 Å². The average molecular weight is 335 g/mol. The molecule has 3 N–H and O–H groups in total. The van der Waals surface area contributed by atoms with E-state index in [4.69, 9.17) is 0 Å². The molecule has 0 radical (unpaired) electrons. The standard InChI is InChI=1S/C14H20F3N3O3/c1-3-13(4-2,9-21)19-12(23)18-10-6-5-7-20(11(10)22)8-14(15,16)17/h5-7,21H,3-4,8-9H2,1-2H3,(H2,18,19,23). The summed E-state index contributed by atoms with van der Waals surface area (Å²) in [5.41, 5.74) is -2.07. The number of hydrogen-bond acceptors (Lipinski definition) is 3. The van der Waals surface area contributed by atoms with Gasteiger partial charge in [0.25, 0.3) is 5.56 Å². The summed E-state index contributed by atoms with van der Waals surface area (Å²) in [5, 5.41) is 14.2. The Labute approximate surface area is 131 Å². The van der Waals surface area contributed by atoms with Crippen molar-refractivity contribution in [3.8, 4) is 0 Å². The molecule has 0 atom stereocenters. The van der Waals surface area contributed by atoms with Crippen LogP contribution >= 0.6 is 0 Å². The van der Waals surface area contributed by atoms with E-state index in [9.17, 15) is 27.9 Å². The molecule has 0 aliphatic carbocycles. The smallest absolute Gasteiger partial charge is 0.394 e. The number of aliphatic hydroxyl groups is 1. The van der Waals surface area contributed by atoms with Crippen LogP contribution in [-0.2, 0) is 6.54 Å². The van der Waals surface area contributed by atoms with Gasteiger partial charge in [-0.1, -0.05) is 13.8 Å². The Morgan fingerprint density at radius 2 is 1.91 bits per heavy atom. The van der Waals surface area contributed by atoms with E-state index in [1.165, 1.54) is 12.1 Å². The first-order chi connectivity index (χ1) is 10.7. The quantitative estimate of drug-likeness (QED) is 0.744. The zero-order chi connectivity index (χ0) is 17.7. The number of nitrogens with zero attached hydrogens (tertiary/aromatic N) is 1. The number of anilines is 1. The molecule has 0 aliphatic rings. The van der Waals surface area contributed by atoms with Crippen molar-refractivity contribution in [3.05, 3.63) is 28.7 Å². The first-order valence-electron chi connectivity index (χ1n) is 7.12. The Balaban J connectivity index is 2.91. The lowest BCUT2D eigenvalue weighted by Crippen LogP contribution is -2.52. The van der Waals surface area contributed by atoms with Crippen molar-refractivity contribution in [3.63, 3.8) is 0 Å². The van der Waals surface area contributed by atoms with Gasteiger partial charge in [0, 0.05) is 6.20 Å². The van der Waals surface area contributed by atoms with E-state index in [-0.39, 0.29) is 12.3 Å². The van der Waals surface area contributed by atoms with Crippen LogP contribution in [-0.4, -0.2) is 34.0 Å². The highest BCUT2D eigenvalue weighted by Crippen LogP contribution is 2.17. The number of aliphatic hydroxyl groups excluding tert-OH is 1. The topological polar surface area (TPSA) is 83.4 Å². The van der Waals surface area contributed by atoms with Gasteiger partial charge in [0.05, 0.1) is 12.1 Å². The summed E-state index contributed by atoms with van der Waals surface area (Å²) in [7, 11) is 0. The van der Waals surface area contributed by atoms with Gasteiger partial charge in [-0.3, -0.25) is 4.79 Å². The second kappa shape index (κ2) is 7.49. The molecule has 6 nitrogen and oxygen atoms in total. The van der Waals surface area contributed by atoms with Crippen LogP contribution in [0.2, 0.25) is 0 Å². The van der Waals surface area contributed by atoms with Crippen molar-refractivity contribution in [2.75, 3.05) is 11.9 Å². The fourth-order valence-electron chi connectivity index (χ4n) is 2.03. The Morgan fingerprint density at radius 1 is 1.30 bits per heavy atom. The number of aromatic nitrogens is 1. The number of urea groups is 1. The maximum Gasteiger partial charge on any atom is 0.406 e. The van der Waals surface area contributed by atoms with Gasteiger partial charge in [0.1, 0.15) is 12.2 Å². The lowest BCUT2D eigenvalue weighted by Gasteiger charge is -2.30. The highest BCUT2D eigenvalue weighted by Gasteiger charge is 2.29. The molecule has 9 heteroatoms. The molecule has 1 heterocycles. The number of rotatable bonds is 6. The Hall–Kier alpha value is -2.03. The largest absolute Gasteiger partial charge is 0.406 e. The molecule has 0 unspecified atom stereocenters. The van der Waals surface area contributed by atoms with Gasteiger partial charge in [-0.05, 0) is 25.0 Å². The van der Waals surface area contributed by atoms with Crippen molar-refractivity contribution in [1.82, 2.24) is 9.88 Å². The lowest BCUT2D eigenvalue weighted by molar-refractivity contribution is -0.141. The summed E-state index contributed by atoms with van der Waals surface area (Å²) >= 11 is 0. The zero-order valence-corrected chi connectivity index (χ0v) is 12.9. The number of hydrogen-bond donors (Lipinski definition) is 3. The van der Waals surface area contributed by atoms with E-state index in [1.807, 2.05) is 0 Å². The van der Waals surface area contributed by atoms with Crippen molar-refractivity contribution >= 4 is 11.7 Å². The summed E-state index contributed by atoms with van der Waals surface area (Å²) in [6, 6.07) is 1.69. The lowest BCUT2D eigenvalue weighted by atomic mass is 9.94. The monoisotopic (exact) mass is 335 g/mol. The number of carbonyl (C=O) groups is 1. The van der Waals surface area contributed by atoms with Crippen molar-refractivity contribution in [1.29, 1.82) is 0 Å². The molecule has 2 amide bonds. The van der Waals surface area contributed by atoms with Crippen LogP contribution in [0.1, 0.15) is 26.7 Å². The number of pyridine rings is 1. The predicted molar refractivity (Wildman–Crippen MR) is 79.3 cm³/mol. The van der Waals surface area contributed by atoms with Crippen LogP contribution in [0.15, 0.2) is 23.1 Å². The number of carbonyl (C=O) groups excluding carboxylic acids is 1. The SMILES string of the molecule is CCC(CC)(CO)NC(=O)Nc1cccn(CC(F)(F)F)c1=O. The normalized spacial score (nSPS) is 12.1. The van der Waals surface area contributed by atoms with Gasteiger partial charge in [0.15, 0.2) is 0 Å². The minimum Gasteiger partial charge on any atom is -0.394 e. The maximum absolute atomic E-state index is 12.4. The van der Waals surface area contributed by atoms with E-state index in [0.717, 1.165) is 6.20 Å². The number of halogens is 3. The van der Waals surface area contributed by atoms with Gasteiger partial charge in [-0.2, -0.15) is 13.2 Å². The van der Waals surface area contributed by atoms with Gasteiger partial charge in [-0.25, -0.2) is 4.79 Å². The van der Waals surface area contributed by atoms with E-state index < -0.39 is 29.9 Å². The molecule has 0 aromatic carbocycles. The summed E-state index contributed by atoms with van der Waals surface area (Å²) in [6.07, 6.45) is -2.63. The minimum atomic E-state index is -4.54. The summed E-state index contributed by atoms with van der Waals surface area (Å²) in [5.74, 6) is 0. The van der Waals surface area contributed by atoms with Gasteiger partial charge in [0.2, 0.25) is 0 Å². The van der Waals surface area contributed by atoms with E-state index in [0.29, 0.717) is 17.4 Å². The first kappa shape index (κ1) is 19.0. The van der Waals surface area contributed by atoms with Crippen LogP contribution in [0.4, 0.5) is 23.7 Å². The molecule has 130 valence electrons. The third-order valence-electron chi connectivity index (χ3n) is 3.65. The van der Waals surface area contributed by atoms with Crippen molar-refractivity contribution in [2.24, 2.45) is 0 Å². The van der Waals surface area contributed by atoms with Gasteiger partial charge >= 0.3 is 12.2 Å². The molecule has 23 heavy (non-hydrogen) atoms. The van der Waals surface area contributed by atoms with Gasteiger partial charge < -0.3 is 20.3 Å². The highest BCUT2D eigenvalue weighted by atomic mass is 19.4.